The van der Waals surface area contributed by atoms with Gasteiger partial charge in [0.15, 0.2) is 0 Å². The van der Waals surface area contributed by atoms with E-state index >= 15 is 0 Å². The predicted octanol–water partition coefficient (Wildman–Crippen LogP) is 4.12. The van der Waals surface area contributed by atoms with Crippen molar-refractivity contribution >= 4 is 17.5 Å². The van der Waals surface area contributed by atoms with Crippen molar-refractivity contribution in [3.63, 3.8) is 0 Å². The van der Waals surface area contributed by atoms with Crippen LogP contribution in [0, 0.1) is 5.92 Å². The van der Waals surface area contributed by atoms with Crippen LogP contribution in [-0.2, 0) is 11.3 Å². The highest BCUT2D eigenvalue weighted by atomic mass is 16.5. The second-order valence-corrected chi connectivity index (χ2v) is 9.13. The minimum atomic E-state index is -0.201. The lowest BCUT2D eigenvalue weighted by Gasteiger charge is -2.31. The van der Waals surface area contributed by atoms with Crippen LogP contribution in [0.4, 0.5) is 5.69 Å². The van der Waals surface area contributed by atoms with Gasteiger partial charge in [0.1, 0.15) is 5.75 Å². The van der Waals surface area contributed by atoms with Crippen LogP contribution in [-0.4, -0.2) is 53.1 Å². The van der Waals surface area contributed by atoms with Crippen LogP contribution in [0.1, 0.15) is 49.4 Å². The van der Waals surface area contributed by atoms with Crippen molar-refractivity contribution in [1.82, 2.24) is 20.4 Å². The molecule has 2 unspecified atom stereocenters. The Labute approximate surface area is 211 Å². The number of nitrogens with one attached hydrogen (secondary N) is 2. The third-order valence-corrected chi connectivity index (χ3v) is 6.47. The summed E-state index contributed by atoms with van der Waals surface area (Å²) in [6.07, 6.45) is 2.50. The maximum absolute atomic E-state index is 13.1. The molecule has 0 spiro atoms. The van der Waals surface area contributed by atoms with Gasteiger partial charge in [-0.3, -0.25) is 14.5 Å². The number of ether oxygens (including phenoxy) is 1. The predicted molar refractivity (Wildman–Crippen MR) is 137 cm³/mol. The number of aromatic nitrogens is 2. The van der Waals surface area contributed by atoms with E-state index in [0.29, 0.717) is 36.1 Å². The van der Waals surface area contributed by atoms with Crippen LogP contribution in [0.2, 0.25) is 0 Å². The Kier molecular flexibility index (Phi) is 8.32. The summed E-state index contributed by atoms with van der Waals surface area (Å²) in [6, 6.07) is 14.7. The fraction of sp³-hybridized carbons (Fsp3) is 0.407. The number of anilines is 1. The Morgan fingerprint density at radius 3 is 2.72 bits per heavy atom. The minimum Gasteiger partial charge on any atom is -0.497 e. The maximum atomic E-state index is 13.1. The molecule has 2 N–H and O–H groups in total. The van der Waals surface area contributed by atoms with Crippen LogP contribution < -0.4 is 15.4 Å². The molecule has 2 atom stereocenters. The lowest BCUT2D eigenvalue weighted by atomic mass is 9.96. The summed E-state index contributed by atoms with van der Waals surface area (Å²) in [5.74, 6) is 1.31. The molecule has 3 aromatic rings. The van der Waals surface area contributed by atoms with E-state index < -0.39 is 0 Å². The first-order chi connectivity index (χ1) is 17.5. The molecule has 36 heavy (non-hydrogen) atoms. The molecule has 9 heteroatoms. The highest BCUT2D eigenvalue weighted by Crippen LogP contribution is 2.24. The smallest absolute Gasteiger partial charge is 0.253 e. The quantitative estimate of drug-likeness (QED) is 0.463. The van der Waals surface area contributed by atoms with E-state index in [0.717, 1.165) is 37.1 Å². The third-order valence-electron chi connectivity index (χ3n) is 6.47. The maximum Gasteiger partial charge on any atom is 0.253 e. The van der Waals surface area contributed by atoms with Gasteiger partial charge in [-0.05, 0) is 69.1 Å². The number of piperidine rings is 1. The fourth-order valence-corrected chi connectivity index (χ4v) is 4.21. The zero-order chi connectivity index (χ0) is 25.5. The first kappa shape index (κ1) is 25.4. The first-order valence-corrected chi connectivity index (χ1v) is 12.4. The molecule has 0 radical (unpaired) electrons. The lowest BCUT2D eigenvalue weighted by molar-refractivity contribution is -0.121. The number of benzene rings is 2. The number of carbonyl (C=O) groups excluding carboxylic acids is 2. The zero-order valence-corrected chi connectivity index (χ0v) is 21.0. The monoisotopic (exact) mass is 491 g/mol. The molecule has 4 rings (SSSR count). The highest BCUT2D eigenvalue weighted by Gasteiger charge is 2.28. The third kappa shape index (κ3) is 6.28. The highest BCUT2D eigenvalue weighted by molar-refractivity contribution is 6.04. The van der Waals surface area contributed by atoms with Crippen molar-refractivity contribution in [2.75, 3.05) is 25.5 Å². The van der Waals surface area contributed by atoms with Gasteiger partial charge in [0.2, 0.25) is 17.6 Å². The van der Waals surface area contributed by atoms with Gasteiger partial charge < -0.3 is 19.9 Å². The van der Waals surface area contributed by atoms with E-state index in [1.807, 2.05) is 44.2 Å². The van der Waals surface area contributed by atoms with Gasteiger partial charge in [-0.15, -0.1) is 0 Å². The summed E-state index contributed by atoms with van der Waals surface area (Å²) in [5, 5.41) is 10.0. The van der Waals surface area contributed by atoms with E-state index in [2.05, 4.69) is 25.7 Å². The molecule has 2 amide bonds. The molecule has 9 nitrogen and oxygen atoms in total. The summed E-state index contributed by atoms with van der Waals surface area (Å²) in [4.78, 5) is 32.5. The average molecular weight is 492 g/mol. The molecule has 1 fully saturated rings. The Hall–Kier alpha value is -3.72. The Bertz CT molecular complexity index is 1180. The van der Waals surface area contributed by atoms with Crippen LogP contribution >= 0.6 is 0 Å². The molecule has 2 heterocycles. The molecule has 2 aromatic carbocycles. The average Bonchev–Trinajstić information content (AvgIpc) is 3.37. The summed E-state index contributed by atoms with van der Waals surface area (Å²) in [7, 11) is 1.62. The number of hydrogen-bond acceptors (Lipinski definition) is 7. The number of nitrogens with zero attached hydrogens (tertiary/aromatic N) is 3. The van der Waals surface area contributed by atoms with E-state index in [9.17, 15) is 9.59 Å². The van der Waals surface area contributed by atoms with Gasteiger partial charge in [0.05, 0.1) is 30.8 Å². The van der Waals surface area contributed by atoms with Crippen LogP contribution in [0.5, 0.6) is 5.75 Å². The number of hydrogen-bond donors (Lipinski definition) is 2. The first-order valence-electron chi connectivity index (χ1n) is 12.4. The number of likely N-dealkylation sites (tertiary alicyclic amines) is 1. The summed E-state index contributed by atoms with van der Waals surface area (Å²) < 4.78 is 10.7. The van der Waals surface area contributed by atoms with Gasteiger partial charge in [-0.25, -0.2) is 0 Å². The van der Waals surface area contributed by atoms with Crippen molar-refractivity contribution in [2.45, 2.75) is 45.7 Å². The SMILES string of the molecule is CCC(C)NC(=O)c1ccccc1NC(=O)C1CCCN(Cc2nc(-c3ccc(OC)cc3)no2)C1. The normalized spacial score (nSPS) is 16.8. The number of rotatable bonds is 9. The van der Waals surface area contributed by atoms with Crippen molar-refractivity contribution in [1.29, 1.82) is 0 Å². The summed E-state index contributed by atoms with van der Waals surface area (Å²) in [6.45, 7) is 5.87. The van der Waals surface area contributed by atoms with E-state index in [4.69, 9.17) is 9.26 Å². The van der Waals surface area contributed by atoms with Crippen LogP contribution in [0.3, 0.4) is 0 Å². The molecule has 190 valence electrons. The standard InChI is InChI=1S/C27H33N5O4/c1-4-18(2)28-27(34)22-9-5-6-10-23(22)29-26(33)20-8-7-15-32(16-20)17-24-30-25(31-36-24)19-11-13-21(35-3)14-12-19/h5-6,9-14,18,20H,4,7-8,15-17H2,1-3H3,(H,28,34)(H,29,33). The molecule has 1 aliphatic heterocycles. The van der Waals surface area contributed by atoms with Gasteiger partial charge in [0.25, 0.3) is 5.91 Å². The molecule has 0 saturated carbocycles. The summed E-state index contributed by atoms with van der Waals surface area (Å²) in [5.41, 5.74) is 1.84. The van der Waals surface area contributed by atoms with Crippen LogP contribution in [0.15, 0.2) is 53.1 Å². The molecular weight excluding hydrogens is 458 g/mol. The van der Waals surface area contributed by atoms with Gasteiger partial charge >= 0.3 is 0 Å². The Morgan fingerprint density at radius 1 is 1.19 bits per heavy atom. The Balaban J connectivity index is 1.36. The number of carbonyl (C=O) groups is 2. The number of amides is 2. The number of para-hydroxylation sites is 1. The lowest BCUT2D eigenvalue weighted by Crippen LogP contribution is -2.40. The number of methoxy groups -OCH3 is 1. The van der Waals surface area contributed by atoms with Crippen molar-refractivity contribution in [3.05, 3.63) is 60.0 Å². The second-order valence-electron chi connectivity index (χ2n) is 9.13. The van der Waals surface area contributed by atoms with Gasteiger partial charge in [-0.2, -0.15) is 4.98 Å². The van der Waals surface area contributed by atoms with E-state index in [-0.39, 0.29) is 23.8 Å². The molecule has 1 saturated heterocycles. The van der Waals surface area contributed by atoms with Crippen molar-refractivity contribution in [2.24, 2.45) is 5.92 Å². The fourth-order valence-electron chi connectivity index (χ4n) is 4.21. The van der Waals surface area contributed by atoms with Crippen LogP contribution in [0.25, 0.3) is 11.4 Å². The molecular formula is C27H33N5O4. The molecule has 1 aromatic heterocycles. The topological polar surface area (TPSA) is 110 Å². The van der Waals surface area contributed by atoms with E-state index in [1.165, 1.54) is 0 Å². The van der Waals surface area contributed by atoms with Crippen molar-refractivity contribution < 1.29 is 18.8 Å². The molecule has 0 aliphatic carbocycles. The second kappa shape index (κ2) is 11.8. The van der Waals surface area contributed by atoms with E-state index in [1.54, 1.807) is 25.3 Å². The Morgan fingerprint density at radius 2 is 1.97 bits per heavy atom. The van der Waals surface area contributed by atoms with Gasteiger partial charge in [0, 0.05) is 18.2 Å². The minimum absolute atomic E-state index is 0.0584. The van der Waals surface area contributed by atoms with Gasteiger partial charge in [-0.1, -0.05) is 24.2 Å². The molecule has 0 bridgehead atoms. The molecule has 1 aliphatic rings. The summed E-state index contributed by atoms with van der Waals surface area (Å²) >= 11 is 0. The largest absolute Gasteiger partial charge is 0.497 e. The van der Waals surface area contributed by atoms with Crippen molar-refractivity contribution in [3.8, 4) is 17.1 Å². The zero-order valence-electron chi connectivity index (χ0n) is 21.0.